The van der Waals surface area contributed by atoms with E-state index in [0.717, 1.165) is 90.4 Å². The van der Waals surface area contributed by atoms with Crippen LogP contribution in [0.5, 0.6) is 11.5 Å². The van der Waals surface area contributed by atoms with Gasteiger partial charge in [0.1, 0.15) is 45.7 Å². The van der Waals surface area contributed by atoms with Gasteiger partial charge >= 0.3 is 0 Å². The second kappa shape index (κ2) is 14.4. The van der Waals surface area contributed by atoms with Gasteiger partial charge in [-0.05, 0) is 95.7 Å². The van der Waals surface area contributed by atoms with Crippen LogP contribution in [0, 0.1) is 0 Å². The number of halogens is 1. The van der Waals surface area contributed by atoms with E-state index >= 15 is 0 Å². The molecule has 10 nitrogen and oxygen atoms in total. The van der Waals surface area contributed by atoms with Gasteiger partial charge in [-0.3, -0.25) is 9.36 Å². The molecule has 0 saturated carbocycles. The molecule has 5 heterocycles. The molecule has 49 heavy (non-hydrogen) atoms. The molecule has 2 aliphatic heterocycles. The van der Waals surface area contributed by atoms with Crippen LogP contribution in [0.2, 0.25) is 5.02 Å². The Morgan fingerprint density at radius 3 is 2.41 bits per heavy atom. The van der Waals surface area contributed by atoms with Crippen LogP contribution in [-0.4, -0.2) is 82.7 Å². The van der Waals surface area contributed by atoms with Crippen LogP contribution in [0.4, 0.5) is 5.82 Å². The van der Waals surface area contributed by atoms with Crippen molar-refractivity contribution in [1.29, 1.82) is 0 Å². The van der Waals surface area contributed by atoms with Crippen molar-refractivity contribution >= 4 is 45.7 Å². The molecule has 5 aromatic rings. The summed E-state index contributed by atoms with van der Waals surface area (Å²) in [6.07, 6.45) is 7.46. The largest absolute Gasteiger partial charge is 0.489 e. The predicted octanol–water partition coefficient (Wildman–Crippen LogP) is 7.02. The van der Waals surface area contributed by atoms with Crippen LogP contribution in [0.3, 0.4) is 0 Å². The molecule has 2 fully saturated rings. The highest BCUT2D eigenvalue weighted by molar-refractivity contribution is 7.16. The molecule has 2 saturated heterocycles. The van der Waals surface area contributed by atoms with E-state index in [1.807, 2.05) is 54.1 Å². The number of carbonyl (C=O) groups is 1. The molecule has 2 aromatic carbocycles. The van der Waals surface area contributed by atoms with E-state index in [-0.39, 0.29) is 6.10 Å². The molecule has 0 bridgehead atoms. The van der Waals surface area contributed by atoms with Crippen LogP contribution in [0.25, 0.3) is 27.2 Å². The number of anilines is 1. The summed E-state index contributed by atoms with van der Waals surface area (Å²) in [5, 5.41) is 4.86. The minimum Gasteiger partial charge on any atom is -0.489 e. The van der Waals surface area contributed by atoms with Crippen LogP contribution >= 0.6 is 22.9 Å². The van der Waals surface area contributed by atoms with Gasteiger partial charge in [0.2, 0.25) is 0 Å². The maximum absolute atomic E-state index is 12.6. The van der Waals surface area contributed by atoms with Crippen LogP contribution < -0.4 is 20.5 Å². The Morgan fingerprint density at radius 2 is 1.69 bits per heavy atom. The SMILES string of the molecule is CC(Oc1cc(-n2cnc3cc(-c4ccc(NC5CCN(C)CC5)nc4)ccc32)sc1C(N)=O)c1cccc(OC2CCN(C)CC2)c1Cl. The summed E-state index contributed by atoms with van der Waals surface area (Å²) >= 11 is 8.12. The maximum Gasteiger partial charge on any atom is 0.262 e. The van der Waals surface area contributed by atoms with Gasteiger partial charge in [0.15, 0.2) is 0 Å². The Hall–Kier alpha value is -4.16. The number of nitrogens with one attached hydrogen (secondary N) is 1. The zero-order chi connectivity index (χ0) is 34.1. The number of amides is 1. The van der Waals surface area contributed by atoms with Crippen LogP contribution in [0.1, 0.15) is 53.9 Å². The Morgan fingerprint density at radius 1 is 0.959 bits per heavy atom. The second-order valence-corrected chi connectivity index (χ2v) is 14.6. The lowest BCUT2D eigenvalue weighted by molar-refractivity contribution is 0.0998. The van der Waals surface area contributed by atoms with E-state index in [2.05, 4.69) is 52.4 Å². The lowest BCUT2D eigenvalue weighted by Crippen LogP contribution is -2.36. The fraction of sp³-hybridized carbons (Fsp3) is 0.378. The molecule has 1 atom stereocenters. The summed E-state index contributed by atoms with van der Waals surface area (Å²) < 4.78 is 14.6. The molecular formula is C37H42ClN7O3S. The van der Waals surface area contributed by atoms with E-state index in [1.165, 1.54) is 11.3 Å². The molecule has 0 spiro atoms. The first-order valence-electron chi connectivity index (χ1n) is 16.8. The standard InChI is InChI=1S/C37H42ClN7O3S/c1-23(28-5-4-6-31(35(28)38)48-27-13-17-44(3)18-14-27)47-32-20-34(49-36(32)37(39)46)45-22-41-29-19-24(7-9-30(29)45)25-8-10-33(40-21-25)42-26-11-15-43(2)16-12-26/h4-10,19-23,26-27H,11-18H2,1-3H3,(H2,39,46)(H,40,42). The third-order valence-electron chi connectivity index (χ3n) is 9.55. The first-order valence-corrected chi connectivity index (χ1v) is 18.0. The van der Waals surface area contributed by atoms with E-state index in [9.17, 15) is 4.79 Å². The summed E-state index contributed by atoms with van der Waals surface area (Å²) in [4.78, 5) is 26.9. The quantitative estimate of drug-likeness (QED) is 0.160. The highest BCUT2D eigenvalue weighted by Crippen LogP contribution is 2.39. The molecule has 2 aliphatic rings. The summed E-state index contributed by atoms with van der Waals surface area (Å²) in [6.45, 7) is 6.09. The number of hydrogen-bond acceptors (Lipinski definition) is 9. The van der Waals surface area contributed by atoms with Gasteiger partial charge in [0.25, 0.3) is 5.91 Å². The smallest absolute Gasteiger partial charge is 0.262 e. The Bertz CT molecular complexity index is 1930. The number of aromatic nitrogens is 3. The molecule has 3 aromatic heterocycles. The van der Waals surface area contributed by atoms with Gasteiger partial charge in [0, 0.05) is 42.5 Å². The van der Waals surface area contributed by atoms with Crippen molar-refractivity contribution in [3.05, 3.63) is 82.6 Å². The molecule has 1 amide bonds. The topological polar surface area (TPSA) is 111 Å². The van der Waals surface area contributed by atoms with Crippen molar-refractivity contribution in [1.82, 2.24) is 24.3 Å². The first-order chi connectivity index (χ1) is 23.7. The second-order valence-electron chi connectivity index (χ2n) is 13.2. The van der Waals surface area contributed by atoms with Gasteiger partial charge in [-0.25, -0.2) is 9.97 Å². The number of thiophene rings is 1. The lowest BCUT2D eigenvalue weighted by Gasteiger charge is -2.30. The third-order valence-corrected chi connectivity index (χ3v) is 11.1. The minimum atomic E-state index is -0.558. The molecule has 3 N–H and O–H groups in total. The number of likely N-dealkylation sites (tertiary alicyclic amines) is 2. The van der Waals surface area contributed by atoms with Crippen molar-refractivity contribution < 1.29 is 14.3 Å². The number of ether oxygens (including phenoxy) is 2. The highest BCUT2D eigenvalue weighted by atomic mass is 35.5. The number of piperidine rings is 2. The summed E-state index contributed by atoms with van der Waals surface area (Å²) in [6, 6.07) is 18.3. The van der Waals surface area contributed by atoms with Crippen molar-refractivity contribution in [2.24, 2.45) is 5.73 Å². The van der Waals surface area contributed by atoms with Gasteiger partial charge < -0.3 is 30.3 Å². The number of carbonyl (C=O) groups excluding carboxylic acids is 1. The zero-order valence-electron chi connectivity index (χ0n) is 28.1. The van der Waals surface area contributed by atoms with Crippen LogP contribution in [-0.2, 0) is 0 Å². The van der Waals surface area contributed by atoms with Crippen molar-refractivity contribution in [2.45, 2.75) is 50.9 Å². The van der Waals surface area contributed by atoms with E-state index < -0.39 is 12.0 Å². The van der Waals surface area contributed by atoms with Gasteiger partial charge in [-0.1, -0.05) is 29.8 Å². The number of nitrogens with two attached hydrogens (primary N) is 1. The van der Waals surface area contributed by atoms with Crippen molar-refractivity contribution in [3.63, 3.8) is 0 Å². The highest BCUT2D eigenvalue weighted by Gasteiger charge is 2.24. The number of pyridine rings is 1. The number of nitrogens with zero attached hydrogens (tertiary/aromatic N) is 5. The van der Waals surface area contributed by atoms with E-state index in [1.54, 1.807) is 6.33 Å². The number of rotatable bonds is 10. The Labute approximate surface area is 295 Å². The zero-order valence-corrected chi connectivity index (χ0v) is 29.6. The van der Waals surface area contributed by atoms with Crippen molar-refractivity contribution in [2.75, 3.05) is 45.6 Å². The summed E-state index contributed by atoms with van der Waals surface area (Å²) in [7, 11) is 4.29. The first kappa shape index (κ1) is 33.3. The monoisotopic (exact) mass is 699 g/mol. The molecular weight excluding hydrogens is 658 g/mol. The molecule has 256 valence electrons. The average Bonchev–Trinajstić information content (AvgIpc) is 3.72. The molecule has 7 rings (SSSR count). The lowest BCUT2D eigenvalue weighted by atomic mass is 10.1. The summed E-state index contributed by atoms with van der Waals surface area (Å²) in [5.41, 5.74) is 10.4. The summed E-state index contributed by atoms with van der Waals surface area (Å²) in [5.74, 6) is 1.38. The van der Waals surface area contributed by atoms with Crippen molar-refractivity contribution in [3.8, 4) is 27.6 Å². The molecule has 0 aliphatic carbocycles. The predicted molar refractivity (Wildman–Crippen MR) is 196 cm³/mol. The normalized spacial score (nSPS) is 17.3. The fourth-order valence-electron chi connectivity index (χ4n) is 6.59. The average molecular weight is 700 g/mol. The Kier molecular flexibility index (Phi) is 9.77. The van der Waals surface area contributed by atoms with Gasteiger partial charge in [-0.15, -0.1) is 11.3 Å². The molecule has 12 heteroatoms. The molecule has 1 unspecified atom stereocenters. The molecule has 0 radical (unpaired) electrons. The van der Waals surface area contributed by atoms with Gasteiger partial charge in [0.05, 0.1) is 16.1 Å². The van der Waals surface area contributed by atoms with Crippen LogP contribution in [0.15, 0.2) is 67.1 Å². The number of benzene rings is 2. The van der Waals surface area contributed by atoms with E-state index in [4.69, 9.17) is 31.8 Å². The maximum atomic E-state index is 12.6. The van der Waals surface area contributed by atoms with E-state index in [0.29, 0.717) is 27.4 Å². The number of imidazole rings is 1. The minimum absolute atomic E-state index is 0.121. The number of fused-ring (bicyclic) bond motifs is 1. The van der Waals surface area contributed by atoms with Gasteiger partial charge in [-0.2, -0.15) is 0 Å². The third kappa shape index (κ3) is 7.40. The fourth-order valence-corrected chi connectivity index (χ4v) is 7.84. The number of primary amides is 1. The Balaban J connectivity index is 1.07. The number of hydrogen-bond donors (Lipinski definition) is 2.